The first kappa shape index (κ1) is 19.1. The fourth-order valence-corrected chi connectivity index (χ4v) is 3.71. The number of amides is 1. The molecule has 0 radical (unpaired) electrons. The molecule has 7 heteroatoms. The number of benzene rings is 3. The van der Waals surface area contributed by atoms with E-state index in [1.807, 2.05) is 19.1 Å². The minimum absolute atomic E-state index is 0.0322. The highest BCUT2D eigenvalue weighted by atomic mass is 32.2. The average Bonchev–Trinajstić information content (AvgIpc) is 2.68. The minimum atomic E-state index is -3.85. The van der Waals surface area contributed by atoms with Crippen molar-refractivity contribution in [3.8, 4) is 6.07 Å². The van der Waals surface area contributed by atoms with E-state index in [4.69, 9.17) is 5.26 Å². The zero-order valence-corrected chi connectivity index (χ0v) is 15.8. The number of hydrogen-bond acceptors (Lipinski definition) is 4. The molecule has 2 N–H and O–H groups in total. The molecule has 0 saturated heterocycles. The lowest BCUT2D eigenvalue weighted by atomic mass is 10.1. The molecule has 0 spiro atoms. The van der Waals surface area contributed by atoms with Crippen molar-refractivity contribution in [2.24, 2.45) is 0 Å². The van der Waals surface area contributed by atoms with Crippen LogP contribution in [0.3, 0.4) is 0 Å². The summed E-state index contributed by atoms with van der Waals surface area (Å²) in [5, 5.41) is 11.8. The van der Waals surface area contributed by atoms with E-state index >= 15 is 0 Å². The van der Waals surface area contributed by atoms with Crippen LogP contribution >= 0.6 is 0 Å². The Bertz CT molecular complexity index is 1180. The summed E-state index contributed by atoms with van der Waals surface area (Å²) in [4.78, 5) is 12.5. The van der Waals surface area contributed by atoms with Gasteiger partial charge in [-0.05, 0) is 55.0 Å². The molecular formula is C21H17N3O3S. The Hall–Kier alpha value is -3.63. The van der Waals surface area contributed by atoms with Gasteiger partial charge in [0.15, 0.2) is 0 Å². The lowest BCUT2D eigenvalue weighted by Gasteiger charge is -2.11. The largest absolute Gasteiger partial charge is 0.321 e. The van der Waals surface area contributed by atoms with Gasteiger partial charge in [-0.3, -0.25) is 9.52 Å². The van der Waals surface area contributed by atoms with Gasteiger partial charge in [-0.15, -0.1) is 0 Å². The van der Waals surface area contributed by atoms with Crippen LogP contribution in [0.1, 0.15) is 21.5 Å². The molecule has 0 saturated carbocycles. The van der Waals surface area contributed by atoms with Crippen molar-refractivity contribution in [1.29, 1.82) is 5.26 Å². The van der Waals surface area contributed by atoms with Crippen LogP contribution in [0, 0.1) is 18.3 Å². The van der Waals surface area contributed by atoms with Crippen LogP contribution in [0.5, 0.6) is 0 Å². The first-order valence-electron chi connectivity index (χ1n) is 8.39. The second-order valence-corrected chi connectivity index (χ2v) is 7.80. The van der Waals surface area contributed by atoms with Gasteiger partial charge in [-0.1, -0.05) is 30.3 Å². The van der Waals surface area contributed by atoms with Gasteiger partial charge < -0.3 is 5.32 Å². The molecule has 0 bridgehead atoms. The Kier molecular flexibility index (Phi) is 5.43. The van der Waals surface area contributed by atoms with Crippen molar-refractivity contribution in [3.63, 3.8) is 0 Å². The number of nitrogens with one attached hydrogen (secondary N) is 2. The van der Waals surface area contributed by atoms with Crippen molar-refractivity contribution in [3.05, 3.63) is 89.5 Å². The Balaban J connectivity index is 1.85. The molecule has 1 amide bonds. The summed E-state index contributed by atoms with van der Waals surface area (Å²) < 4.78 is 27.8. The summed E-state index contributed by atoms with van der Waals surface area (Å²) >= 11 is 0. The Morgan fingerprint density at radius 1 is 0.964 bits per heavy atom. The first-order chi connectivity index (χ1) is 13.4. The first-order valence-corrected chi connectivity index (χ1v) is 9.87. The molecule has 0 fully saturated rings. The molecule has 140 valence electrons. The standard InChI is InChI=1S/C21H17N3O3S/c1-15-6-4-9-18(12-15)24-28(26,27)19-10-5-8-16(13-19)21(25)23-20-11-3-2-7-17(20)14-22/h2-13,24H,1H3,(H,23,25). The van der Waals surface area contributed by atoms with Crippen LogP contribution in [0.15, 0.2) is 77.7 Å². The van der Waals surface area contributed by atoms with Crippen molar-refractivity contribution >= 4 is 27.3 Å². The molecule has 28 heavy (non-hydrogen) atoms. The molecule has 3 rings (SSSR count). The number of carbonyl (C=O) groups is 1. The SMILES string of the molecule is Cc1cccc(NS(=O)(=O)c2cccc(C(=O)Nc3ccccc3C#N)c2)c1. The molecule has 3 aromatic carbocycles. The lowest BCUT2D eigenvalue weighted by molar-refractivity contribution is 0.102. The van der Waals surface area contributed by atoms with Crippen LogP contribution in [0.2, 0.25) is 0 Å². The van der Waals surface area contributed by atoms with E-state index in [2.05, 4.69) is 10.0 Å². The number of sulfonamides is 1. The molecule has 0 unspecified atom stereocenters. The topological polar surface area (TPSA) is 99.1 Å². The molecule has 0 atom stereocenters. The number of nitriles is 1. The van der Waals surface area contributed by atoms with E-state index in [9.17, 15) is 13.2 Å². The van der Waals surface area contributed by atoms with Crippen molar-refractivity contribution in [2.75, 3.05) is 10.0 Å². The maximum atomic E-state index is 12.7. The Morgan fingerprint density at radius 3 is 2.46 bits per heavy atom. The zero-order valence-electron chi connectivity index (χ0n) is 15.0. The molecule has 3 aromatic rings. The smallest absolute Gasteiger partial charge is 0.261 e. The van der Waals surface area contributed by atoms with Crippen molar-refractivity contribution < 1.29 is 13.2 Å². The third-order valence-electron chi connectivity index (χ3n) is 3.97. The zero-order chi connectivity index (χ0) is 20.1. The fraction of sp³-hybridized carbons (Fsp3) is 0.0476. The van der Waals surface area contributed by atoms with E-state index in [1.54, 1.807) is 42.5 Å². The number of para-hydroxylation sites is 1. The predicted molar refractivity (Wildman–Crippen MR) is 108 cm³/mol. The second-order valence-electron chi connectivity index (χ2n) is 6.11. The molecule has 0 aromatic heterocycles. The summed E-state index contributed by atoms with van der Waals surface area (Å²) in [7, 11) is -3.85. The molecule has 0 heterocycles. The number of hydrogen-bond donors (Lipinski definition) is 2. The fourth-order valence-electron chi connectivity index (χ4n) is 2.61. The van der Waals surface area contributed by atoms with E-state index in [-0.39, 0.29) is 10.5 Å². The molecular weight excluding hydrogens is 374 g/mol. The van der Waals surface area contributed by atoms with Gasteiger partial charge in [-0.25, -0.2) is 8.42 Å². The highest BCUT2D eigenvalue weighted by Gasteiger charge is 2.17. The molecule has 0 aliphatic rings. The van der Waals surface area contributed by atoms with Gasteiger partial charge in [0.05, 0.1) is 16.1 Å². The van der Waals surface area contributed by atoms with Gasteiger partial charge in [0.1, 0.15) is 6.07 Å². The second kappa shape index (κ2) is 7.94. The molecule has 0 aliphatic carbocycles. The van der Waals surface area contributed by atoms with Crippen LogP contribution in [-0.2, 0) is 10.0 Å². The van der Waals surface area contributed by atoms with Crippen LogP contribution in [0.4, 0.5) is 11.4 Å². The maximum Gasteiger partial charge on any atom is 0.261 e. The normalized spacial score (nSPS) is 10.7. The van der Waals surface area contributed by atoms with Gasteiger partial charge in [0, 0.05) is 11.3 Å². The Labute approximate surface area is 163 Å². The van der Waals surface area contributed by atoms with E-state index < -0.39 is 15.9 Å². The quantitative estimate of drug-likeness (QED) is 0.688. The highest BCUT2D eigenvalue weighted by molar-refractivity contribution is 7.92. The summed E-state index contributed by atoms with van der Waals surface area (Å²) in [5.41, 5.74) is 2.21. The van der Waals surface area contributed by atoms with Crippen LogP contribution in [-0.4, -0.2) is 14.3 Å². The number of carbonyl (C=O) groups excluding carboxylic acids is 1. The molecule has 6 nitrogen and oxygen atoms in total. The summed E-state index contributed by atoms with van der Waals surface area (Å²) in [6.07, 6.45) is 0. The van der Waals surface area contributed by atoms with Gasteiger partial charge in [-0.2, -0.15) is 5.26 Å². The maximum absolute atomic E-state index is 12.7. The average molecular weight is 391 g/mol. The minimum Gasteiger partial charge on any atom is -0.321 e. The summed E-state index contributed by atoms with van der Waals surface area (Å²) in [6, 6.07) is 21.3. The van der Waals surface area contributed by atoms with E-state index in [1.165, 1.54) is 24.3 Å². The predicted octanol–water partition coefficient (Wildman–Crippen LogP) is 3.92. The number of nitrogens with zero attached hydrogens (tertiary/aromatic N) is 1. The summed E-state index contributed by atoms with van der Waals surface area (Å²) in [6.45, 7) is 1.86. The third-order valence-corrected chi connectivity index (χ3v) is 5.35. The van der Waals surface area contributed by atoms with Crippen molar-refractivity contribution in [2.45, 2.75) is 11.8 Å². The highest BCUT2D eigenvalue weighted by Crippen LogP contribution is 2.20. The van der Waals surface area contributed by atoms with Gasteiger partial charge in [0.2, 0.25) is 0 Å². The number of rotatable bonds is 5. The third kappa shape index (κ3) is 4.37. The molecule has 0 aliphatic heterocycles. The number of aryl methyl sites for hydroxylation is 1. The van der Waals surface area contributed by atoms with Gasteiger partial charge >= 0.3 is 0 Å². The van der Waals surface area contributed by atoms with Gasteiger partial charge in [0.25, 0.3) is 15.9 Å². The van der Waals surface area contributed by atoms with Crippen LogP contribution in [0.25, 0.3) is 0 Å². The Morgan fingerprint density at radius 2 is 1.71 bits per heavy atom. The lowest BCUT2D eigenvalue weighted by Crippen LogP contribution is -2.16. The van der Waals surface area contributed by atoms with Crippen LogP contribution < -0.4 is 10.0 Å². The van der Waals surface area contributed by atoms with E-state index in [0.717, 1.165) is 5.56 Å². The van der Waals surface area contributed by atoms with E-state index in [0.29, 0.717) is 16.9 Å². The number of anilines is 2. The summed E-state index contributed by atoms with van der Waals surface area (Å²) in [5.74, 6) is -0.504. The van der Waals surface area contributed by atoms with Crippen molar-refractivity contribution in [1.82, 2.24) is 0 Å². The monoisotopic (exact) mass is 391 g/mol.